The van der Waals surface area contributed by atoms with Gasteiger partial charge in [-0.25, -0.2) is 0 Å². The van der Waals surface area contributed by atoms with E-state index >= 15 is 0 Å². The van der Waals surface area contributed by atoms with E-state index in [9.17, 15) is 8.42 Å². The van der Waals surface area contributed by atoms with Crippen LogP contribution in [0.2, 0.25) is 0 Å². The van der Waals surface area contributed by atoms with Crippen LogP contribution < -0.4 is 5.73 Å². The molecule has 1 saturated heterocycles. The van der Waals surface area contributed by atoms with E-state index in [1.165, 1.54) is 4.31 Å². The largest absolute Gasteiger partial charge is 0.330 e. The molecular weight excluding hydrogens is 238 g/mol. The minimum atomic E-state index is -3.30. The third-order valence-corrected chi connectivity index (χ3v) is 5.55. The fourth-order valence-corrected chi connectivity index (χ4v) is 3.93. The molecule has 0 radical (unpaired) electrons. The lowest BCUT2D eigenvalue weighted by atomic mass is 9.95. The van der Waals surface area contributed by atoms with Crippen LogP contribution in [0.25, 0.3) is 0 Å². The molecule has 2 N–H and O–H groups in total. The van der Waals surface area contributed by atoms with E-state index < -0.39 is 10.2 Å². The van der Waals surface area contributed by atoms with Crippen molar-refractivity contribution in [3.05, 3.63) is 0 Å². The maximum absolute atomic E-state index is 12.3. The van der Waals surface area contributed by atoms with Gasteiger partial charge in [-0.05, 0) is 38.6 Å². The third kappa shape index (κ3) is 3.64. The maximum atomic E-state index is 12.3. The predicted octanol–water partition coefficient (Wildman–Crippen LogP) is 0.632. The Balaban J connectivity index is 2.69. The zero-order chi connectivity index (χ0) is 13.1. The van der Waals surface area contributed by atoms with Gasteiger partial charge < -0.3 is 5.73 Å². The molecular formula is C11H25N3O2S. The molecule has 1 aliphatic rings. The fourth-order valence-electron chi connectivity index (χ4n) is 2.34. The predicted molar refractivity (Wildman–Crippen MR) is 69.8 cm³/mol. The third-order valence-electron chi connectivity index (χ3n) is 3.44. The molecule has 102 valence electrons. The second-order valence-corrected chi connectivity index (χ2v) is 7.05. The summed E-state index contributed by atoms with van der Waals surface area (Å²) in [6.45, 7) is 5.82. The molecule has 6 heteroatoms. The number of hydrogen-bond donors (Lipinski definition) is 1. The van der Waals surface area contributed by atoms with Gasteiger partial charge in [0.05, 0.1) is 0 Å². The number of nitrogens with zero attached hydrogens (tertiary/aromatic N) is 2. The van der Waals surface area contributed by atoms with Crippen molar-refractivity contribution in [2.45, 2.75) is 39.2 Å². The lowest BCUT2D eigenvalue weighted by Crippen LogP contribution is -2.50. The average Bonchev–Trinajstić information content (AvgIpc) is 2.25. The highest BCUT2D eigenvalue weighted by atomic mass is 32.2. The lowest BCUT2D eigenvalue weighted by Gasteiger charge is -2.37. The van der Waals surface area contributed by atoms with Gasteiger partial charge in [0.25, 0.3) is 10.2 Å². The SMILES string of the molecule is CC1CCN(S(=O)(=O)N(C)CCCN)C(C)C1. The summed E-state index contributed by atoms with van der Waals surface area (Å²) in [6, 6.07) is 0.101. The zero-order valence-corrected chi connectivity index (χ0v) is 11.9. The van der Waals surface area contributed by atoms with Crippen molar-refractivity contribution < 1.29 is 8.42 Å². The van der Waals surface area contributed by atoms with Crippen LogP contribution in [0.1, 0.15) is 33.1 Å². The first-order valence-electron chi connectivity index (χ1n) is 6.32. The molecule has 2 unspecified atom stereocenters. The van der Waals surface area contributed by atoms with Crippen molar-refractivity contribution in [1.29, 1.82) is 0 Å². The van der Waals surface area contributed by atoms with E-state index in [2.05, 4.69) is 6.92 Å². The lowest BCUT2D eigenvalue weighted by molar-refractivity contribution is 0.208. The van der Waals surface area contributed by atoms with Gasteiger partial charge in [-0.3, -0.25) is 0 Å². The molecule has 2 atom stereocenters. The Hall–Kier alpha value is -0.170. The molecule has 0 saturated carbocycles. The quantitative estimate of drug-likeness (QED) is 0.791. The minimum absolute atomic E-state index is 0.101. The highest BCUT2D eigenvalue weighted by Crippen LogP contribution is 2.25. The molecule has 5 nitrogen and oxygen atoms in total. The maximum Gasteiger partial charge on any atom is 0.281 e. The van der Waals surface area contributed by atoms with Crippen molar-refractivity contribution in [3.8, 4) is 0 Å². The second-order valence-electron chi connectivity index (χ2n) is 5.06. The van der Waals surface area contributed by atoms with Gasteiger partial charge in [-0.1, -0.05) is 6.92 Å². The van der Waals surface area contributed by atoms with Gasteiger partial charge in [-0.2, -0.15) is 17.0 Å². The van der Waals surface area contributed by atoms with Crippen LogP contribution in [0, 0.1) is 5.92 Å². The monoisotopic (exact) mass is 263 g/mol. The normalized spacial score (nSPS) is 27.6. The molecule has 0 spiro atoms. The van der Waals surface area contributed by atoms with Crippen molar-refractivity contribution in [2.75, 3.05) is 26.7 Å². The Morgan fingerprint density at radius 1 is 1.41 bits per heavy atom. The summed E-state index contributed by atoms with van der Waals surface area (Å²) in [5.41, 5.74) is 5.41. The average molecular weight is 263 g/mol. The molecule has 17 heavy (non-hydrogen) atoms. The molecule has 0 aliphatic carbocycles. The van der Waals surface area contributed by atoms with E-state index in [4.69, 9.17) is 5.73 Å². The Morgan fingerprint density at radius 2 is 2.06 bits per heavy atom. The van der Waals surface area contributed by atoms with Crippen molar-refractivity contribution in [1.82, 2.24) is 8.61 Å². The molecule has 0 aromatic carbocycles. The van der Waals surface area contributed by atoms with Gasteiger partial charge in [0.15, 0.2) is 0 Å². The van der Waals surface area contributed by atoms with E-state index in [1.54, 1.807) is 11.4 Å². The standard InChI is InChI=1S/C11H25N3O2S/c1-10-5-8-14(11(2)9-10)17(15,16)13(3)7-4-6-12/h10-11H,4-9,12H2,1-3H3. The van der Waals surface area contributed by atoms with Crippen molar-refractivity contribution >= 4 is 10.2 Å². The first-order chi connectivity index (χ1) is 7.89. The smallest absolute Gasteiger partial charge is 0.281 e. The summed E-state index contributed by atoms with van der Waals surface area (Å²) >= 11 is 0. The Labute approximate surface area is 105 Å². The molecule has 0 aromatic heterocycles. The summed E-state index contributed by atoms with van der Waals surface area (Å²) in [5, 5.41) is 0. The summed E-state index contributed by atoms with van der Waals surface area (Å²) in [7, 11) is -1.66. The van der Waals surface area contributed by atoms with Gasteiger partial charge >= 0.3 is 0 Å². The van der Waals surface area contributed by atoms with E-state index in [0.29, 0.717) is 32.0 Å². The minimum Gasteiger partial charge on any atom is -0.330 e. The van der Waals surface area contributed by atoms with Crippen LogP contribution >= 0.6 is 0 Å². The fraction of sp³-hybridized carbons (Fsp3) is 1.00. The second kappa shape index (κ2) is 6.13. The summed E-state index contributed by atoms with van der Waals surface area (Å²) < 4.78 is 27.7. The number of nitrogens with two attached hydrogens (primary N) is 1. The molecule has 1 aliphatic heterocycles. The Bertz CT molecular complexity index is 332. The van der Waals surface area contributed by atoms with Crippen LogP contribution in [-0.4, -0.2) is 49.8 Å². The summed E-state index contributed by atoms with van der Waals surface area (Å²) in [5.74, 6) is 0.616. The van der Waals surface area contributed by atoms with Crippen LogP contribution in [0.4, 0.5) is 0 Å². The number of hydrogen-bond acceptors (Lipinski definition) is 3. The molecule has 0 aromatic rings. The molecule has 1 heterocycles. The highest BCUT2D eigenvalue weighted by molar-refractivity contribution is 7.86. The van der Waals surface area contributed by atoms with Gasteiger partial charge in [-0.15, -0.1) is 0 Å². The zero-order valence-electron chi connectivity index (χ0n) is 11.1. The number of rotatable bonds is 5. The summed E-state index contributed by atoms with van der Waals surface area (Å²) in [4.78, 5) is 0. The van der Waals surface area contributed by atoms with Gasteiger partial charge in [0, 0.05) is 26.2 Å². The van der Waals surface area contributed by atoms with E-state index in [1.807, 2.05) is 6.92 Å². The molecule has 0 amide bonds. The van der Waals surface area contributed by atoms with Gasteiger partial charge in [0.2, 0.25) is 0 Å². The van der Waals surface area contributed by atoms with Crippen LogP contribution in [-0.2, 0) is 10.2 Å². The number of piperidine rings is 1. The van der Waals surface area contributed by atoms with Crippen LogP contribution in [0.5, 0.6) is 0 Å². The first-order valence-corrected chi connectivity index (χ1v) is 7.72. The van der Waals surface area contributed by atoms with Crippen molar-refractivity contribution in [3.63, 3.8) is 0 Å². The molecule has 0 bridgehead atoms. The van der Waals surface area contributed by atoms with E-state index in [0.717, 1.165) is 12.8 Å². The topological polar surface area (TPSA) is 66.6 Å². The van der Waals surface area contributed by atoms with Gasteiger partial charge in [0.1, 0.15) is 0 Å². The Morgan fingerprint density at radius 3 is 2.59 bits per heavy atom. The van der Waals surface area contributed by atoms with E-state index in [-0.39, 0.29) is 6.04 Å². The first kappa shape index (κ1) is 14.9. The van der Waals surface area contributed by atoms with Crippen LogP contribution in [0.3, 0.4) is 0 Å². The Kier molecular flexibility index (Phi) is 5.37. The van der Waals surface area contributed by atoms with Crippen LogP contribution in [0.15, 0.2) is 0 Å². The highest BCUT2D eigenvalue weighted by Gasteiger charge is 2.34. The summed E-state index contributed by atoms with van der Waals surface area (Å²) in [6.07, 6.45) is 2.60. The molecule has 1 fully saturated rings. The van der Waals surface area contributed by atoms with Crippen molar-refractivity contribution in [2.24, 2.45) is 11.7 Å². The molecule has 1 rings (SSSR count).